The van der Waals surface area contributed by atoms with E-state index in [0.29, 0.717) is 17.5 Å². The first-order valence-electron chi connectivity index (χ1n) is 6.31. The molecule has 0 fully saturated rings. The normalized spacial score (nSPS) is 10.5. The molecule has 0 aliphatic carbocycles. The Hall–Kier alpha value is -2.69. The van der Waals surface area contributed by atoms with Crippen LogP contribution in [-0.2, 0) is 0 Å². The molecule has 0 atom stereocenters. The SMILES string of the molecule is CNc1cc(Oc2ccc3cccnc3c2)nc(C)n1. The number of fused-ring (bicyclic) bond motifs is 1. The molecule has 100 valence electrons. The third kappa shape index (κ3) is 2.51. The van der Waals surface area contributed by atoms with E-state index in [1.165, 1.54) is 0 Å². The predicted octanol–water partition coefficient (Wildman–Crippen LogP) is 3.17. The van der Waals surface area contributed by atoms with Crippen molar-refractivity contribution in [2.24, 2.45) is 0 Å². The Morgan fingerprint density at radius 2 is 2.00 bits per heavy atom. The lowest BCUT2D eigenvalue weighted by atomic mass is 10.2. The third-order valence-electron chi connectivity index (χ3n) is 2.87. The molecule has 3 rings (SSSR count). The largest absolute Gasteiger partial charge is 0.439 e. The number of rotatable bonds is 3. The van der Waals surface area contributed by atoms with Crippen molar-refractivity contribution in [3.05, 3.63) is 48.4 Å². The van der Waals surface area contributed by atoms with Gasteiger partial charge in [-0.05, 0) is 25.1 Å². The van der Waals surface area contributed by atoms with Crippen LogP contribution < -0.4 is 10.1 Å². The molecule has 0 saturated heterocycles. The number of aryl methyl sites for hydroxylation is 1. The number of nitrogens with zero attached hydrogens (tertiary/aromatic N) is 3. The minimum atomic E-state index is 0.511. The van der Waals surface area contributed by atoms with Crippen molar-refractivity contribution in [3.63, 3.8) is 0 Å². The molecule has 1 aromatic carbocycles. The maximum absolute atomic E-state index is 5.78. The second-order valence-corrected chi connectivity index (χ2v) is 4.35. The highest BCUT2D eigenvalue weighted by atomic mass is 16.5. The molecule has 0 aliphatic rings. The highest BCUT2D eigenvalue weighted by Gasteiger charge is 2.04. The quantitative estimate of drug-likeness (QED) is 0.789. The van der Waals surface area contributed by atoms with Gasteiger partial charge in [-0.15, -0.1) is 0 Å². The number of benzene rings is 1. The fourth-order valence-electron chi connectivity index (χ4n) is 1.95. The van der Waals surface area contributed by atoms with Gasteiger partial charge in [0.2, 0.25) is 5.88 Å². The van der Waals surface area contributed by atoms with Crippen molar-refractivity contribution >= 4 is 16.7 Å². The summed E-state index contributed by atoms with van der Waals surface area (Å²) in [4.78, 5) is 12.8. The summed E-state index contributed by atoms with van der Waals surface area (Å²) in [7, 11) is 1.81. The number of ether oxygens (including phenoxy) is 1. The Kier molecular flexibility index (Phi) is 3.16. The lowest BCUT2D eigenvalue weighted by Gasteiger charge is -2.08. The Labute approximate surface area is 116 Å². The second-order valence-electron chi connectivity index (χ2n) is 4.35. The molecule has 1 N–H and O–H groups in total. The predicted molar refractivity (Wildman–Crippen MR) is 78.1 cm³/mol. The van der Waals surface area contributed by atoms with Gasteiger partial charge in [0.15, 0.2) is 0 Å². The van der Waals surface area contributed by atoms with Crippen molar-refractivity contribution in [1.29, 1.82) is 0 Å². The van der Waals surface area contributed by atoms with Crippen molar-refractivity contribution in [2.45, 2.75) is 6.92 Å². The van der Waals surface area contributed by atoms with Crippen LogP contribution in [0.3, 0.4) is 0 Å². The first-order chi connectivity index (χ1) is 9.74. The Balaban J connectivity index is 1.94. The molecule has 5 heteroatoms. The monoisotopic (exact) mass is 266 g/mol. The summed E-state index contributed by atoms with van der Waals surface area (Å²) in [5.74, 6) is 2.60. The number of hydrogen-bond donors (Lipinski definition) is 1. The summed E-state index contributed by atoms with van der Waals surface area (Å²) in [5.41, 5.74) is 0.893. The highest BCUT2D eigenvalue weighted by Crippen LogP contribution is 2.24. The zero-order chi connectivity index (χ0) is 13.9. The van der Waals surface area contributed by atoms with E-state index in [1.54, 1.807) is 12.3 Å². The number of pyridine rings is 1. The van der Waals surface area contributed by atoms with Crippen molar-refractivity contribution in [3.8, 4) is 11.6 Å². The van der Waals surface area contributed by atoms with Crippen LogP contribution in [0.5, 0.6) is 11.6 Å². The third-order valence-corrected chi connectivity index (χ3v) is 2.87. The molecule has 20 heavy (non-hydrogen) atoms. The second kappa shape index (κ2) is 5.13. The van der Waals surface area contributed by atoms with Gasteiger partial charge < -0.3 is 10.1 Å². The van der Waals surface area contributed by atoms with E-state index >= 15 is 0 Å². The van der Waals surface area contributed by atoms with Gasteiger partial charge in [0.25, 0.3) is 0 Å². The zero-order valence-corrected chi connectivity index (χ0v) is 11.3. The van der Waals surface area contributed by atoms with Gasteiger partial charge >= 0.3 is 0 Å². The molecule has 0 aliphatic heterocycles. The van der Waals surface area contributed by atoms with Crippen LogP contribution in [0.1, 0.15) is 5.82 Å². The lowest BCUT2D eigenvalue weighted by molar-refractivity contribution is 0.461. The average molecular weight is 266 g/mol. The van der Waals surface area contributed by atoms with E-state index in [0.717, 1.165) is 16.7 Å². The maximum Gasteiger partial charge on any atom is 0.224 e. The smallest absolute Gasteiger partial charge is 0.224 e. The van der Waals surface area contributed by atoms with Gasteiger partial charge in [0.1, 0.15) is 17.4 Å². The molecule has 3 aromatic rings. The first kappa shape index (κ1) is 12.3. The molecule has 2 aromatic heterocycles. The Bertz CT molecular complexity index is 758. The van der Waals surface area contributed by atoms with E-state index in [-0.39, 0.29) is 0 Å². The molecular weight excluding hydrogens is 252 g/mol. The zero-order valence-electron chi connectivity index (χ0n) is 11.3. The van der Waals surface area contributed by atoms with Crippen LogP contribution in [0.15, 0.2) is 42.6 Å². The van der Waals surface area contributed by atoms with Crippen LogP contribution in [0.2, 0.25) is 0 Å². The fraction of sp³-hybridized carbons (Fsp3) is 0.133. The van der Waals surface area contributed by atoms with Crippen LogP contribution in [-0.4, -0.2) is 22.0 Å². The van der Waals surface area contributed by atoms with Crippen LogP contribution in [0.25, 0.3) is 10.9 Å². The van der Waals surface area contributed by atoms with E-state index in [1.807, 2.05) is 44.3 Å². The fourth-order valence-corrected chi connectivity index (χ4v) is 1.95. The topological polar surface area (TPSA) is 59.9 Å². The molecule has 2 heterocycles. The van der Waals surface area contributed by atoms with Crippen LogP contribution in [0.4, 0.5) is 5.82 Å². The number of nitrogens with one attached hydrogen (secondary N) is 1. The van der Waals surface area contributed by atoms with Gasteiger partial charge in [0.05, 0.1) is 5.52 Å². The van der Waals surface area contributed by atoms with Gasteiger partial charge in [-0.2, -0.15) is 4.98 Å². The summed E-state index contributed by atoms with van der Waals surface area (Å²) < 4.78 is 5.78. The molecule has 5 nitrogen and oxygen atoms in total. The highest BCUT2D eigenvalue weighted by molar-refractivity contribution is 5.79. The lowest BCUT2D eigenvalue weighted by Crippen LogP contribution is -1.98. The van der Waals surface area contributed by atoms with Gasteiger partial charge in [-0.25, -0.2) is 4.98 Å². The van der Waals surface area contributed by atoms with E-state index in [2.05, 4.69) is 20.3 Å². The summed E-state index contributed by atoms with van der Waals surface area (Å²) in [6.07, 6.45) is 1.76. The van der Waals surface area contributed by atoms with Gasteiger partial charge in [-0.1, -0.05) is 6.07 Å². The number of aromatic nitrogens is 3. The van der Waals surface area contributed by atoms with E-state index in [9.17, 15) is 0 Å². The van der Waals surface area contributed by atoms with Gasteiger partial charge in [-0.3, -0.25) is 4.98 Å². The van der Waals surface area contributed by atoms with Crippen LogP contribution >= 0.6 is 0 Å². The minimum Gasteiger partial charge on any atom is -0.439 e. The molecule has 0 radical (unpaired) electrons. The maximum atomic E-state index is 5.78. The molecule has 0 saturated carbocycles. The van der Waals surface area contributed by atoms with Crippen molar-refractivity contribution < 1.29 is 4.74 Å². The van der Waals surface area contributed by atoms with Crippen molar-refractivity contribution in [2.75, 3.05) is 12.4 Å². The summed E-state index contributed by atoms with van der Waals surface area (Å²) in [5, 5.41) is 4.06. The molecular formula is C15H14N4O. The van der Waals surface area contributed by atoms with Crippen molar-refractivity contribution in [1.82, 2.24) is 15.0 Å². The Morgan fingerprint density at radius 3 is 2.85 bits per heavy atom. The molecule has 0 spiro atoms. The standard InChI is InChI=1S/C15H14N4O/c1-10-18-14(16-2)9-15(19-10)20-12-6-5-11-4-3-7-17-13(11)8-12/h3-9H,1-2H3,(H,16,18,19). The molecule has 0 unspecified atom stereocenters. The molecule has 0 amide bonds. The summed E-state index contributed by atoms with van der Waals surface area (Å²) in [6, 6.07) is 11.5. The van der Waals surface area contributed by atoms with E-state index < -0.39 is 0 Å². The van der Waals surface area contributed by atoms with Crippen LogP contribution in [0, 0.1) is 6.92 Å². The average Bonchev–Trinajstić information content (AvgIpc) is 2.46. The number of anilines is 1. The molecule has 0 bridgehead atoms. The summed E-state index contributed by atoms with van der Waals surface area (Å²) >= 11 is 0. The minimum absolute atomic E-state index is 0.511. The van der Waals surface area contributed by atoms with E-state index in [4.69, 9.17) is 4.74 Å². The first-order valence-corrected chi connectivity index (χ1v) is 6.31. The van der Waals surface area contributed by atoms with Gasteiger partial charge in [0, 0.05) is 30.8 Å². The Morgan fingerprint density at radius 1 is 1.10 bits per heavy atom. The summed E-state index contributed by atoms with van der Waals surface area (Å²) in [6.45, 7) is 1.83. The number of hydrogen-bond acceptors (Lipinski definition) is 5.